The van der Waals surface area contributed by atoms with Gasteiger partial charge in [-0.1, -0.05) is 19.9 Å². The maximum Gasteiger partial charge on any atom is 0.0464 e. The van der Waals surface area contributed by atoms with Crippen LogP contribution in [0.3, 0.4) is 0 Å². The average molecular weight is 244 g/mol. The van der Waals surface area contributed by atoms with Crippen LogP contribution in [0.4, 0.5) is 0 Å². The lowest BCUT2D eigenvalue weighted by molar-refractivity contribution is 0.764. The Bertz CT molecular complexity index is 550. The molecule has 0 bridgehead atoms. The van der Waals surface area contributed by atoms with Crippen LogP contribution in [0.15, 0.2) is 12.1 Å². The van der Waals surface area contributed by atoms with Crippen molar-refractivity contribution >= 4 is 10.9 Å². The molecule has 2 rings (SSSR count). The van der Waals surface area contributed by atoms with Crippen molar-refractivity contribution in [2.45, 2.75) is 40.0 Å². The predicted octanol–water partition coefficient (Wildman–Crippen LogP) is 3.67. The molecule has 1 heterocycles. The Morgan fingerprint density at radius 3 is 2.56 bits per heavy atom. The lowest BCUT2D eigenvalue weighted by atomic mass is 9.97. The van der Waals surface area contributed by atoms with E-state index in [-0.39, 0.29) is 0 Å². The van der Waals surface area contributed by atoms with Gasteiger partial charge in [0.1, 0.15) is 0 Å². The molecule has 0 radical (unpaired) electrons. The van der Waals surface area contributed by atoms with Gasteiger partial charge in [-0.2, -0.15) is 0 Å². The van der Waals surface area contributed by atoms with E-state index in [4.69, 9.17) is 0 Å². The zero-order valence-electron chi connectivity index (χ0n) is 12.1. The van der Waals surface area contributed by atoms with E-state index in [0.717, 1.165) is 13.0 Å². The first-order chi connectivity index (χ1) is 8.54. The number of hydrogen-bond acceptors (Lipinski definition) is 1. The van der Waals surface area contributed by atoms with E-state index in [1.54, 1.807) is 0 Å². The maximum atomic E-state index is 3.63. The van der Waals surface area contributed by atoms with Gasteiger partial charge >= 0.3 is 0 Å². The number of aromatic nitrogens is 1. The molecule has 98 valence electrons. The van der Waals surface area contributed by atoms with Crippen LogP contribution < -0.4 is 5.32 Å². The van der Waals surface area contributed by atoms with E-state index >= 15 is 0 Å². The van der Waals surface area contributed by atoms with Crippen LogP contribution in [0.2, 0.25) is 0 Å². The molecule has 0 spiro atoms. The molecule has 0 atom stereocenters. The molecule has 0 unspecified atom stereocenters. The fourth-order valence-electron chi connectivity index (χ4n) is 2.82. The number of H-pyrrole nitrogens is 1. The highest BCUT2D eigenvalue weighted by atomic mass is 14.8. The molecule has 2 heteroatoms. The summed E-state index contributed by atoms with van der Waals surface area (Å²) >= 11 is 0. The van der Waals surface area contributed by atoms with Gasteiger partial charge in [-0.05, 0) is 62.5 Å². The van der Waals surface area contributed by atoms with E-state index in [1.165, 1.54) is 33.3 Å². The Morgan fingerprint density at radius 1 is 1.22 bits per heavy atom. The fraction of sp³-hybridized carbons (Fsp3) is 0.500. The van der Waals surface area contributed by atoms with Crippen molar-refractivity contribution in [1.82, 2.24) is 10.3 Å². The van der Waals surface area contributed by atoms with E-state index in [0.29, 0.717) is 5.92 Å². The van der Waals surface area contributed by atoms with Crippen molar-refractivity contribution in [3.8, 4) is 0 Å². The molecule has 0 fully saturated rings. The van der Waals surface area contributed by atoms with Crippen LogP contribution >= 0.6 is 0 Å². The molecule has 0 aliphatic heterocycles. The summed E-state index contributed by atoms with van der Waals surface area (Å²) in [6, 6.07) is 4.54. The first-order valence-corrected chi connectivity index (χ1v) is 6.81. The summed E-state index contributed by atoms with van der Waals surface area (Å²) in [5, 5.41) is 4.68. The molecular formula is C16H24N2. The highest BCUT2D eigenvalue weighted by Crippen LogP contribution is 2.31. The highest BCUT2D eigenvalue weighted by Gasteiger charge is 2.15. The lowest BCUT2D eigenvalue weighted by Crippen LogP contribution is -2.11. The second-order valence-corrected chi connectivity index (χ2v) is 5.53. The van der Waals surface area contributed by atoms with Crippen molar-refractivity contribution in [2.24, 2.45) is 0 Å². The van der Waals surface area contributed by atoms with Gasteiger partial charge in [-0.3, -0.25) is 0 Å². The van der Waals surface area contributed by atoms with Crippen molar-refractivity contribution < 1.29 is 0 Å². The van der Waals surface area contributed by atoms with Crippen LogP contribution in [0, 0.1) is 13.8 Å². The molecule has 2 aromatic rings. The lowest BCUT2D eigenvalue weighted by Gasteiger charge is -2.08. The topological polar surface area (TPSA) is 27.8 Å². The minimum absolute atomic E-state index is 0.545. The standard InChI is InChI=1S/C16H24N2/c1-10(2)16-13(6-7-17-5)15-12(4)8-11(3)9-14(15)18-16/h8-10,17-18H,6-7H2,1-5H3. The van der Waals surface area contributed by atoms with Gasteiger partial charge in [0.25, 0.3) is 0 Å². The Hall–Kier alpha value is -1.28. The van der Waals surface area contributed by atoms with Gasteiger partial charge in [-0.15, -0.1) is 0 Å². The Kier molecular flexibility index (Phi) is 3.76. The SMILES string of the molecule is CNCCc1c(C(C)C)[nH]c2cc(C)cc(C)c12. The fourth-order valence-corrected chi connectivity index (χ4v) is 2.82. The Labute approximate surface area is 110 Å². The molecule has 1 aromatic carbocycles. The first kappa shape index (κ1) is 13.2. The van der Waals surface area contributed by atoms with Crippen molar-refractivity contribution in [3.05, 3.63) is 34.5 Å². The van der Waals surface area contributed by atoms with E-state index in [1.807, 2.05) is 7.05 Å². The van der Waals surface area contributed by atoms with Crippen molar-refractivity contribution in [3.63, 3.8) is 0 Å². The summed E-state index contributed by atoms with van der Waals surface area (Å²) in [7, 11) is 2.01. The predicted molar refractivity (Wildman–Crippen MR) is 79.5 cm³/mol. The highest BCUT2D eigenvalue weighted by molar-refractivity contribution is 5.88. The largest absolute Gasteiger partial charge is 0.358 e. The molecule has 0 saturated carbocycles. The number of likely N-dealkylation sites (N-methyl/N-ethyl adjacent to an activating group) is 1. The van der Waals surface area contributed by atoms with Crippen molar-refractivity contribution in [2.75, 3.05) is 13.6 Å². The van der Waals surface area contributed by atoms with Gasteiger partial charge in [-0.25, -0.2) is 0 Å². The van der Waals surface area contributed by atoms with E-state index < -0.39 is 0 Å². The number of rotatable bonds is 4. The van der Waals surface area contributed by atoms with Gasteiger partial charge in [0.15, 0.2) is 0 Å². The minimum Gasteiger partial charge on any atom is -0.358 e. The van der Waals surface area contributed by atoms with E-state index in [2.05, 4.69) is 50.1 Å². The van der Waals surface area contributed by atoms with Crippen LogP contribution in [0.1, 0.15) is 42.1 Å². The third kappa shape index (κ3) is 2.30. The first-order valence-electron chi connectivity index (χ1n) is 6.81. The van der Waals surface area contributed by atoms with Gasteiger partial charge in [0, 0.05) is 16.6 Å². The summed E-state index contributed by atoms with van der Waals surface area (Å²) in [5.74, 6) is 0.545. The monoisotopic (exact) mass is 244 g/mol. The van der Waals surface area contributed by atoms with Crippen LogP contribution in [0.5, 0.6) is 0 Å². The number of aromatic amines is 1. The number of fused-ring (bicyclic) bond motifs is 1. The summed E-state index contributed by atoms with van der Waals surface area (Å²) in [5.41, 5.74) is 6.90. The number of aryl methyl sites for hydroxylation is 2. The zero-order chi connectivity index (χ0) is 13.3. The Balaban J connectivity index is 2.65. The second-order valence-electron chi connectivity index (χ2n) is 5.53. The average Bonchev–Trinajstić information content (AvgIpc) is 2.65. The van der Waals surface area contributed by atoms with Crippen LogP contribution in [-0.2, 0) is 6.42 Å². The molecule has 18 heavy (non-hydrogen) atoms. The molecule has 2 N–H and O–H groups in total. The molecule has 1 aromatic heterocycles. The van der Waals surface area contributed by atoms with Gasteiger partial charge in [0.2, 0.25) is 0 Å². The molecule has 0 aliphatic carbocycles. The molecule has 0 aliphatic rings. The van der Waals surface area contributed by atoms with Gasteiger partial charge in [0.05, 0.1) is 0 Å². The third-order valence-corrected chi connectivity index (χ3v) is 3.58. The van der Waals surface area contributed by atoms with Crippen LogP contribution in [-0.4, -0.2) is 18.6 Å². The quantitative estimate of drug-likeness (QED) is 0.844. The zero-order valence-corrected chi connectivity index (χ0v) is 12.1. The summed E-state index contributed by atoms with van der Waals surface area (Å²) < 4.78 is 0. The summed E-state index contributed by atoms with van der Waals surface area (Å²) in [6.45, 7) is 9.93. The van der Waals surface area contributed by atoms with Crippen LogP contribution in [0.25, 0.3) is 10.9 Å². The summed E-state index contributed by atoms with van der Waals surface area (Å²) in [4.78, 5) is 3.63. The number of hydrogen-bond donors (Lipinski definition) is 2. The second kappa shape index (κ2) is 5.15. The summed E-state index contributed by atoms with van der Waals surface area (Å²) in [6.07, 6.45) is 1.09. The van der Waals surface area contributed by atoms with Gasteiger partial charge < -0.3 is 10.3 Å². The Morgan fingerprint density at radius 2 is 1.94 bits per heavy atom. The van der Waals surface area contributed by atoms with Crippen molar-refractivity contribution in [1.29, 1.82) is 0 Å². The maximum absolute atomic E-state index is 3.63. The molecule has 2 nitrogen and oxygen atoms in total. The molecular weight excluding hydrogens is 220 g/mol. The number of benzene rings is 1. The number of nitrogens with one attached hydrogen (secondary N) is 2. The van der Waals surface area contributed by atoms with E-state index in [9.17, 15) is 0 Å². The third-order valence-electron chi connectivity index (χ3n) is 3.58. The minimum atomic E-state index is 0.545. The smallest absolute Gasteiger partial charge is 0.0464 e. The molecule has 0 saturated heterocycles. The normalized spacial score (nSPS) is 11.7. The molecule has 0 amide bonds.